The van der Waals surface area contributed by atoms with Crippen LogP contribution in [0.5, 0.6) is 0 Å². The number of nitrogens with zero attached hydrogens (tertiary/aromatic N) is 6. The average Bonchev–Trinajstić information content (AvgIpc) is 3.43. The molecule has 0 bridgehead atoms. The largest absolute Gasteiger partial charge is 0.306 e. The molecule has 1 fully saturated rings. The fourth-order valence-electron chi connectivity index (χ4n) is 3.84. The number of piperidine rings is 1. The molecule has 0 unspecified atom stereocenters. The van der Waals surface area contributed by atoms with Crippen LogP contribution in [-0.2, 0) is 0 Å². The quantitative estimate of drug-likeness (QED) is 0.527. The van der Waals surface area contributed by atoms with Crippen molar-refractivity contribution < 1.29 is 4.79 Å². The molecule has 1 aliphatic heterocycles. The normalized spacial score (nSPS) is 15.4. The fourth-order valence-corrected chi connectivity index (χ4v) is 4.51. The highest BCUT2D eigenvalue weighted by atomic mass is 32.1. The Bertz CT molecular complexity index is 1240. The lowest BCUT2D eigenvalue weighted by Crippen LogP contribution is -2.31. The van der Waals surface area contributed by atoms with Gasteiger partial charge < -0.3 is 4.90 Å². The minimum absolute atomic E-state index is 0.250. The molecule has 9 heteroatoms. The number of thiazole rings is 1. The first-order chi connectivity index (χ1) is 15.0. The molecule has 3 aromatic heterocycles. The van der Waals surface area contributed by atoms with Crippen molar-refractivity contribution in [2.75, 3.05) is 25.5 Å². The first kappa shape index (κ1) is 19.8. The van der Waals surface area contributed by atoms with Crippen LogP contribution in [0.15, 0.2) is 43.0 Å². The zero-order valence-electron chi connectivity index (χ0n) is 17.4. The standard InChI is InChI=1S/C22H23N7OS/c1-14-23-12-20(31-14)21(30)27-22-24-10-16-4-3-15(9-19(16)26-22)17-11-25-29(13-17)18-5-7-28(2)8-6-18/h3-4,9-13,18H,5-8H2,1-2H3,(H,24,26,27,30). The highest BCUT2D eigenvalue weighted by Gasteiger charge is 2.19. The maximum atomic E-state index is 12.4. The van der Waals surface area contributed by atoms with Crippen LogP contribution >= 0.6 is 11.3 Å². The highest BCUT2D eigenvalue weighted by Crippen LogP contribution is 2.27. The van der Waals surface area contributed by atoms with Gasteiger partial charge in [0.25, 0.3) is 5.91 Å². The molecule has 1 saturated heterocycles. The van der Waals surface area contributed by atoms with E-state index in [1.54, 1.807) is 12.4 Å². The molecular weight excluding hydrogens is 410 g/mol. The van der Waals surface area contributed by atoms with Crippen molar-refractivity contribution in [2.45, 2.75) is 25.8 Å². The number of hydrogen-bond acceptors (Lipinski definition) is 7. The molecule has 1 aliphatic rings. The van der Waals surface area contributed by atoms with Gasteiger partial charge in [0.1, 0.15) is 4.88 Å². The van der Waals surface area contributed by atoms with E-state index < -0.39 is 0 Å². The molecule has 1 aromatic carbocycles. The number of fused-ring (bicyclic) bond motifs is 1. The summed E-state index contributed by atoms with van der Waals surface area (Å²) in [5, 5.41) is 9.14. The predicted octanol–water partition coefficient (Wildman–Crippen LogP) is 3.78. The van der Waals surface area contributed by atoms with Crippen LogP contribution in [-0.4, -0.2) is 55.7 Å². The van der Waals surface area contributed by atoms with E-state index in [1.165, 1.54) is 11.3 Å². The summed E-state index contributed by atoms with van der Waals surface area (Å²) in [6.45, 7) is 4.06. The van der Waals surface area contributed by atoms with Gasteiger partial charge >= 0.3 is 0 Å². The molecule has 1 N–H and O–H groups in total. The molecule has 0 aliphatic carbocycles. The second-order valence-electron chi connectivity index (χ2n) is 7.91. The van der Waals surface area contributed by atoms with Gasteiger partial charge in [0.15, 0.2) is 0 Å². The van der Waals surface area contributed by atoms with Crippen molar-refractivity contribution in [1.82, 2.24) is 29.6 Å². The van der Waals surface area contributed by atoms with Crippen molar-refractivity contribution in [3.05, 3.63) is 52.9 Å². The number of rotatable bonds is 4. The van der Waals surface area contributed by atoms with E-state index in [9.17, 15) is 4.79 Å². The van der Waals surface area contributed by atoms with E-state index in [0.29, 0.717) is 10.9 Å². The molecule has 31 heavy (non-hydrogen) atoms. The molecule has 0 spiro atoms. The van der Waals surface area contributed by atoms with E-state index in [2.05, 4.69) is 54.3 Å². The van der Waals surface area contributed by atoms with Gasteiger partial charge in [0.05, 0.1) is 29.0 Å². The van der Waals surface area contributed by atoms with Gasteiger partial charge in [-0.05, 0) is 51.5 Å². The smallest absolute Gasteiger partial charge is 0.269 e. The Morgan fingerprint density at radius 1 is 1.13 bits per heavy atom. The van der Waals surface area contributed by atoms with Gasteiger partial charge in [0.2, 0.25) is 5.95 Å². The van der Waals surface area contributed by atoms with Gasteiger partial charge in [-0.25, -0.2) is 15.0 Å². The second-order valence-corrected chi connectivity index (χ2v) is 9.14. The lowest BCUT2D eigenvalue weighted by molar-refractivity contribution is 0.102. The van der Waals surface area contributed by atoms with Crippen LogP contribution in [0.1, 0.15) is 33.6 Å². The lowest BCUT2D eigenvalue weighted by atomic mass is 10.1. The number of carbonyl (C=O) groups is 1. The Labute approximate surface area is 184 Å². The van der Waals surface area contributed by atoms with Crippen molar-refractivity contribution in [3.8, 4) is 11.1 Å². The first-order valence-electron chi connectivity index (χ1n) is 10.3. The summed E-state index contributed by atoms with van der Waals surface area (Å²) >= 11 is 1.34. The number of nitrogens with one attached hydrogen (secondary N) is 1. The molecule has 0 atom stereocenters. The minimum atomic E-state index is -0.250. The Morgan fingerprint density at radius 3 is 2.74 bits per heavy atom. The van der Waals surface area contributed by atoms with Crippen LogP contribution in [0.4, 0.5) is 5.95 Å². The Morgan fingerprint density at radius 2 is 1.97 bits per heavy atom. The van der Waals surface area contributed by atoms with Crippen LogP contribution in [0.2, 0.25) is 0 Å². The Balaban J connectivity index is 1.37. The molecular formula is C22H23N7OS. The summed E-state index contributed by atoms with van der Waals surface area (Å²) in [4.78, 5) is 28.2. The molecule has 4 heterocycles. The predicted molar refractivity (Wildman–Crippen MR) is 121 cm³/mol. The van der Waals surface area contributed by atoms with E-state index in [1.807, 2.05) is 25.3 Å². The van der Waals surface area contributed by atoms with Crippen LogP contribution < -0.4 is 5.32 Å². The molecule has 0 radical (unpaired) electrons. The van der Waals surface area contributed by atoms with Gasteiger partial charge in [-0.15, -0.1) is 11.3 Å². The zero-order valence-corrected chi connectivity index (χ0v) is 18.3. The van der Waals surface area contributed by atoms with Crippen molar-refractivity contribution in [2.24, 2.45) is 0 Å². The zero-order chi connectivity index (χ0) is 21.4. The van der Waals surface area contributed by atoms with Gasteiger partial charge in [0, 0.05) is 23.3 Å². The molecule has 5 rings (SSSR count). The Hall–Kier alpha value is -3.17. The maximum Gasteiger partial charge on any atom is 0.269 e. The number of hydrogen-bond donors (Lipinski definition) is 1. The number of aryl methyl sites for hydroxylation is 1. The highest BCUT2D eigenvalue weighted by molar-refractivity contribution is 7.13. The van der Waals surface area contributed by atoms with Crippen LogP contribution in [0.25, 0.3) is 22.0 Å². The summed E-state index contributed by atoms with van der Waals surface area (Å²) in [7, 11) is 2.16. The molecule has 0 saturated carbocycles. The van der Waals surface area contributed by atoms with Crippen LogP contribution in [0, 0.1) is 6.92 Å². The molecule has 158 valence electrons. The van der Waals surface area contributed by atoms with Crippen molar-refractivity contribution >= 4 is 34.1 Å². The van der Waals surface area contributed by atoms with Gasteiger partial charge in [-0.3, -0.25) is 14.8 Å². The van der Waals surface area contributed by atoms with E-state index in [4.69, 9.17) is 0 Å². The average molecular weight is 434 g/mol. The lowest BCUT2D eigenvalue weighted by Gasteiger charge is -2.28. The third kappa shape index (κ3) is 4.19. The van der Waals surface area contributed by atoms with E-state index >= 15 is 0 Å². The summed E-state index contributed by atoms with van der Waals surface area (Å²) < 4.78 is 2.09. The van der Waals surface area contributed by atoms with E-state index in [0.717, 1.165) is 53.0 Å². The number of anilines is 1. The van der Waals surface area contributed by atoms with Crippen LogP contribution in [0.3, 0.4) is 0 Å². The number of carbonyl (C=O) groups excluding carboxylic acids is 1. The van der Waals surface area contributed by atoms with Crippen molar-refractivity contribution in [3.63, 3.8) is 0 Å². The molecule has 4 aromatic rings. The summed E-state index contributed by atoms with van der Waals surface area (Å²) in [5.41, 5.74) is 2.88. The number of aromatic nitrogens is 5. The van der Waals surface area contributed by atoms with Crippen molar-refractivity contribution in [1.29, 1.82) is 0 Å². The second kappa shape index (κ2) is 8.16. The summed E-state index contributed by atoms with van der Waals surface area (Å²) in [6, 6.07) is 6.51. The van der Waals surface area contributed by atoms with Gasteiger partial charge in [-0.1, -0.05) is 12.1 Å². The molecule has 1 amide bonds. The third-order valence-electron chi connectivity index (χ3n) is 5.65. The molecule has 8 nitrogen and oxygen atoms in total. The number of benzene rings is 1. The fraction of sp³-hybridized carbons (Fsp3) is 0.318. The number of amides is 1. The summed E-state index contributed by atoms with van der Waals surface area (Å²) in [5.74, 6) is 0.0308. The van der Waals surface area contributed by atoms with Gasteiger partial charge in [-0.2, -0.15) is 5.10 Å². The maximum absolute atomic E-state index is 12.4. The first-order valence-corrected chi connectivity index (χ1v) is 11.1. The van der Waals surface area contributed by atoms with E-state index in [-0.39, 0.29) is 11.9 Å². The Kier molecular flexibility index (Phi) is 5.21. The minimum Gasteiger partial charge on any atom is -0.306 e. The third-order valence-corrected chi connectivity index (χ3v) is 6.56. The SMILES string of the molecule is Cc1ncc(C(=O)Nc2ncc3ccc(-c4cnn(C5CCN(C)CC5)c4)cc3n2)s1. The number of likely N-dealkylation sites (tertiary alicyclic amines) is 1. The summed E-state index contributed by atoms with van der Waals surface area (Å²) in [6.07, 6.45) is 9.55. The topological polar surface area (TPSA) is 88.8 Å². The monoisotopic (exact) mass is 433 g/mol.